The zero-order valence-corrected chi connectivity index (χ0v) is 13.6. The molecule has 0 aromatic heterocycles. The summed E-state index contributed by atoms with van der Waals surface area (Å²) in [4.78, 5) is 23.9. The zero-order chi connectivity index (χ0) is 15.6. The Kier molecular flexibility index (Phi) is 4.83. The van der Waals surface area contributed by atoms with Gasteiger partial charge in [-0.05, 0) is 44.9 Å². The van der Waals surface area contributed by atoms with Crippen LogP contribution in [0.5, 0.6) is 0 Å². The lowest BCUT2D eigenvalue weighted by Gasteiger charge is -2.29. The predicted molar refractivity (Wildman–Crippen MR) is 85.0 cm³/mol. The Morgan fingerprint density at radius 3 is 2.38 bits per heavy atom. The van der Waals surface area contributed by atoms with Gasteiger partial charge < -0.3 is 10.4 Å². The molecule has 0 unspecified atom stereocenters. The molecule has 4 nitrogen and oxygen atoms in total. The second-order valence-corrected chi connectivity index (χ2v) is 6.44. The SMILES string of the molecule is CC1=C(C)C[C@@H](C(=O)O)[C@@H](C(=O)Nc2cccc(Br)c2)C1. The Bertz CT molecular complexity index is 609. The number of amides is 1. The lowest BCUT2D eigenvalue weighted by molar-refractivity contribution is -0.146. The highest BCUT2D eigenvalue weighted by Crippen LogP contribution is 2.35. The highest BCUT2D eigenvalue weighted by atomic mass is 79.9. The van der Waals surface area contributed by atoms with Crippen LogP contribution in [0.2, 0.25) is 0 Å². The summed E-state index contributed by atoms with van der Waals surface area (Å²) in [5, 5.41) is 12.2. The summed E-state index contributed by atoms with van der Waals surface area (Å²) in [7, 11) is 0. The van der Waals surface area contributed by atoms with Gasteiger partial charge in [0.2, 0.25) is 5.91 Å². The van der Waals surface area contributed by atoms with Gasteiger partial charge in [-0.3, -0.25) is 9.59 Å². The summed E-state index contributed by atoms with van der Waals surface area (Å²) < 4.78 is 0.866. The van der Waals surface area contributed by atoms with Gasteiger partial charge in [-0.2, -0.15) is 0 Å². The molecule has 5 heteroatoms. The molecule has 1 aliphatic carbocycles. The third-order valence-corrected chi connectivity index (χ3v) is 4.51. The molecule has 21 heavy (non-hydrogen) atoms. The molecule has 0 fully saturated rings. The number of aliphatic carboxylic acids is 1. The summed E-state index contributed by atoms with van der Waals surface area (Å²) in [5.74, 6) is -2.31. The van der Waals surface area contributed by atoms with E-state index < -0.39 is 17.8 Å². The van der Waals surface area contributed by atoms with Crippen molar-refractivity contribution in [2.75, 3.05) is 5.32 Å². The molecule has 1 aromatic carbocycles. The topological polar surface area (TPSA) is 66.4 Å². The fraction of sp³-hybridized carbons (Fsp3) is 0.375. The predicted octanol–water partition coefficient (Wildman–Crippen LogP) is 3.83. The van der Waals surface area contributed by atoms with Crippen molar-refractivity contribution >= 4 is 33.5 Å². The number of carbonyl (C=O) groups is 2. The Hall–Kier alpha value is -1.62. The van der Waals surface area contributed by atoms with Crippen molar-refractivity contribution in [3.8, 4) is 0 Å². The van der Waals surface area contributed by atoms with Gasteiger partial charge in [-0.1, -0.05) is 33.1 Å². The van der Waals surface area contributed by atoms with E-state index in [0.29, 0.717) is 18.5 Å². The van der Waals surface area contributed by atoms with Crippen LogP contribution < -0.4 is 5.32 Å². The Morgan fingerprint density at radius 2 is 1.81 bits per heavy atom. The molecule has 0 saturated heterocycles. The average Bonchev–Trinajstić information content (AvgIpc) is 2.41. The normalized spacial score (nSPS) is 22.0. The van der Waals surface area contributed by atoms with Crippen LogP contribution in [0.25, 0.3) is 0 Å². The van der Waals surface area contributed by atoms with Crippen LogP contribution in [0.4, 0.5) is 5.69 Å². The minimum atomic E-state index is -0.906. The number of carboxylic acids is 1. The van der Waals surface area contributed by atoms with Crippen LogP contribution in [0.1, 0.15) is 26.7 Å². The molecule has 0 radical (unpaired) electrons. The molecule has 2 atom stereocenters. The third kappa shape index (κ3) is 3.73. The molecular formula is C16H18BrNO3. The first kappa shape index (κ1) is 15.8. The Morgan fingerprint density at radius 1 is 1.19 bits per heavy atom. The van der Waals surface area contributed by atoms with E-state index in [2.05, 4.69) is 21.2 Å². The van der Waals surface area contributed by atoms with Gasteiger partial charge in [0, 0.05) is 10.2 Å². The maximum Gasteiger partial charge on any atom is 0.307 e. The van der Waals surface area contributed by atoms with Gasteiger partial charge in [0.15, 0.2) is 0 Å². The molecule has 112 valence electrons. The van der Waals surface area contributed by atoms with E-state index in [-0.39, 0.29) is 5.91 Å². The van der Waals surface area contributed by atoms with Gasteiger partial charge in [0.25, 0.3) is 0 Å². The highest BCUT2D eigenvalue weighted by Gasteiger charge is 2.37. The summed E-state index contributed by atoms with van der Waals surface area (Å²) in [6, 6.07) is 7.27. The fourth-order valence-corrected chi connectivity index (χ4v) is 3.03. The summed E-state index contributed by atoms with van der Waals surface area (Å²) in [6.07, 6.45) is 0.945. The monoisotopic (exact) mass is 351 g/mol. The summed E-state index contributed by atoms with van der Waals surface area (Å²) in [6.45, 7) is 3.90. The molecule has 0 bridgehead atoms. The largest absolute Gasteiger partial charge is 0.481 e. The maximum absolute atomic E-state index is 12.4. The molecule has 2 rings (SSSR count). The van der Waals surface area contributed by atoms with Crippen molar-refractivity contribution in [2.45, 2.75) is 26.7 Å². The molecule has 1 amide bonds. The fourth-order valence-electron chi connectivity index (χ4n) is 2.63. The first-order valence-electron chi connectivity index (χ1n) is 6.83. The standard InChI is InChI=1S/C16H18BrNO3/c1-9-6-13(14(16(20)21)7-10(9)2)15(19)18-12-5-3-4-11(17)8-12/h3-5,8,13-14H,6-7H2,1-2H3,(H,18,19)(H,20,21)/t13-,14+/m0/s1. The average molecular weight is 352 g/mol. The van der Waals surface area contributed by atoms with Crippen LogP contribution in [0, 0.1) is 11.8 Å². The molecule has 0 heterocycles. The van der Waals surface area contributed by atoms with Crippen molar-refractivity contribution in [3.05, 3.63) is 39.9 Å². The molecular weight excluding hydrogens is 334 g/mol. The molecule has 1 aliphatic rings. The first-order chi connectivity index (χ1) is 9.88. The number of carbonyl (C=O) groups excluding carboxylic acids is 1. The van der Waals surface area contributed by atoms with Crippen LogP contribution >= 0.6 is 15.9 Å². The van der Waals surface area contributed by atoms with E-state index in [9.17, 15) is 14.7 Å². The molecule has 2 N–H and O–H groups in total. The third-order valence-electron chi connectivity index (χ3n) is 4.01. The van der Waals surface area contributed by atoms with Crippen molar-refractivity contribution in [1.29, 1.82) is 0 Å². The second kappa shape index (κ2) is 6.43. The van der Waals surface area contributed by atoms with Gasteiger partial charge in [0.05, 0.1) is 11.8 Å². The van der Waals surface area contributed by atoms with E-state index in [1.165, 1.54) is 0 Å². The number of benzene rings is 1. The van der Waals surface area contributed by atoms with Gasteiger partial charge >= 0.3 is 5.97 Å². The van der Waals surface area contributed by atoms with E-state index in [1.807, 2.05) is 26.0 Å². The quantitative estimate of drug-likeness (QED) is 0.813. The van der Waals surface area contributed by atoms with Gasteiger partial charge in [0.1, 0.15) is 0 Å². The minimum Gasteiger partial charge on any atom is -0.481 e. The number of hydrogen-bond acceptors (Lipinski definition) is 2. The van der Waals surface area contributed by atoms with E-state index in [4.69, 9.17) is 0 Å². The van der Waals surface area contributed by atoms with Crippen LogP contribution in [0.3, 0.4) is 0 Å². The van der Waals surface area contributed by atoms with Crippen molar-refractivity contribution in [3.63, 3.8) is 0 Å². The number of rotatable bonds is 3. The van der Waals surface area contributed by atoms with Crippen molar-refractivity contribution < 1.29 is 14.7 Å². The highest BCUT2D eigenvalue weighted by molar-refractivity contribution is 9.10. The van der Waals surface area contributed by atoms with Crippen molar-refractivity contribution in [2.24, 2.45) is 11.8 Å². The lowest BCUT2D eigenvalue weighted by Crippen LogP contribution is -2.36. The Balaban J connectivity index is 2.18. The first-order valence-corrected chi connectivity index (χ1v) is 7.62. The van der Waals surface area contributed by atoms with E-state index in [0.717, 1.165) is 15.6 Å². The number of allylic oxidation sites excluding steroid dienone is 2. The molecule has 0 aliphatic heterocycles. The number of halogens is 1. The van der Waals surface area contributed by atoms with Gasteiger partial charge in [-0.25, -0.2) is 0 Å². The number of anilines is 1. The Labute approximate surface area is 132 Å². The molecule has 1 aromatic rings. The smallest absolute Gasteiger partial charge is 0.307 e. The summed E-state index contributed by atoms with van der Waals surface area (Å²) in [5.41, 5.74) is 2.86. The number of carboxylic acid groups (broad SMARTS) is 1. The lowest BCUT2D eigenvalue weighted by atomic mass is 9.76. The van der Waals surface area contributed by atoms with E-state index in [1.54, 1.807) is 12.1 Å². The van der Waals surface area contributed by atoms with Crippen LogP contribution in [-0.2, 0) is 9.59 Å². The molecule has 0 spiro atoms. The molecule has 0 saturated carbocycles. The summed E-state index contributed by atoms with van der Waals surface area (Å²) >= 11 is 3.35. The zero-order valence-electron chi connectivity index (χ0n) is 12.0. The van der Waals surface area contributed by atoms with E-state index >= 15 is 0 Å². The number of nitrogens with one attached hydrogen (secondary N) is 1. The number of hydrogen-bond donors (Lipinski definition) is 2. The van der Waals surface area contributed by atoms with Crippen molar-refractivity contribution in [1.82, 2.24) is 0 Å². The second-order valence-electron chi connectivity index (χ2n) is 5.52. The minimum absolute atomic E-state index is 0.229. The van der Waals surface area contributed by atoms with Crippen LogP contribution in [-0.4, -0.2) is 17.0 Å². The van der Waals surface area contributed by atoms with Gasteiger partial charge in [-0.15, -0.1) is 0 Å². The van der Waals surface area contributed by atoms with Crippen LogP contribution in [0.15, 0.2) is 39.9 Å². The maximum atomic E-state index is 12.4.